The van der Waals surface area contributed by atoms with Gasteiger partial charge in [0.25, 0.3) is 0 Å². The van der Waals surface area contributed by atoms with Crippen molar-refractivity contribution in [2.24, 2.45) is 17.8 Å². The van der Waals surface area contributed by atoms with E-state index >= 15 is 0 Å². The van der Waals surface area contributed by atoms with Crippen molar-refractivity contribution in [2.45, 2.75) is 32.7 Å². The minimum absolute atomic E-state index is 0.517. The summed E-state index contributed by atoms with van der Waals surface area (Å²) < 4.78 is 0. The van der Waals surface area contributed by atoms with Gasteiger partial charge in [0.15, 0.2) is 0 Å². The van der Waals surface area contributed by atoms with Crippen molar-refractivity contribution >= 4 is 17.3 Å². The van der Waals surface area contributed by atoms with E-state index in [1.807, 2.05) is 13.0 Å². The van der Waals surface area contributed by atoms with Gasteiger partial charge in [0, 0.05) is 16.8 Å². The van der Waals surface area contributed by atoms with Gasteiger partial charge >= 0.3 is 0 Å². The van der Waals surface area contributed by atoms with Crippen molar-refractivity contribution in [2.75, 3.05) is 5.32 Å². The molecule has 1 N–H and O–H groups in total. The van der Waals surface area contributed by atoms with Crippen LogP contribution in [0.1, 0.15) is 25.3 Å². The third kappa shape index (κ3) is 2.16. The Morgan fingerprint density at radius 1 is 1.28 bits per heavy atom. The molecule has 96 valence electrons. The normalized spacial score (nSPS) is 30.7. The van der Waals surface area contributed by atoms with E-state index in [1.54, 1.807) is 0 Å². The summed E-state index contributed by atoms with van der Waals surface area (Å²) in [6, 6.07) is 6.76. The van der Waals surface area contributed by atoms with E-state index in [1.165, 1.54) is 12.8 Å². The Hall–Kier alpha value is -0.950. The highest BCUT2D eigenvalue weighted by atomic mass is 35.5. The maximum Gasteiger partial charge on any atom is 0.0455 e. The van der Waals surface area contributed by atoms with Gasteiger partial charge in [-0.15, -0.1) is 0 Å². The molecule has 4 atom stereocenters. The average molecular weight is 262 g/mol. The molecule has 2 aliphatic carbocycles. The molecule has 2 aliphatic rings. The summed E-state index contributed by atoms with van der Waals surface area (Å²) in [7, 11) is 0. The molecule has 0 aromatic heterocycles. The van der Waals surface area contributed by atoms with Crippen molar-refractivity contribution < 1.29 is 0 Å². The maximum absolute atomic E-state index is 6.17. The fourth-order valence-electron chi connectivity index (χ4n) is 3.45. The number of rotatable bonds is 3. The van der Waals surface area contributed by atoms with Gasteiger partial charge in [-0.2, -0.15) is 0 Å². The summed E-state index contributed by atoms with van der Waals surface area (Å²) >= 11 is 6.17. The van der Waals surface area contributed by atoms with Crippen LogP contribution in [0.25, 0.3) is 0 Å². The summed E-state index contributed by atoms with van der Waals surface area (Å²) in [5.74, 6) is 2.41. The van der Waals surface area contributed by atoms with Crippen LogP contribution in [0.4, 0.5) is 5.69 Å². The second-order valence-electron chi connectivity index (χ2n) is 5.84. The molecule has 1 aromatic rings. The molecule has 18 heavy (non-hydrogen) atoms. The van der Waals surface area contributed by atoms with Gasteiger partial charge in [0.1, 0.15) is 0 Å². The minimum atomic E-state index is 0.517. The molecule has 4 unspecified atom stereocenters. The van der Waals surface area contributed by atoms with E-state index < -0.39 is 0 Å². The predicted octanol–water partition coefficient (Wildman–Crippen LogP) is 4.66. The highest BCUT2D eigenvalue weighted by molar-refractivity contribution is 6.31. The lowest BCUT2D eigenvalue weighted by atomic mass is 9.87. The number of hydrogen-bond acceptors (Lipinski definition) is 1. The van der Waals surface area contributed by atoms with E-state index in [0.29, 0.717) is 6.04 Å². The molecule has 0 heterocycles. The lowest BCUT2D eigenvalue weighted by Gasteiger charge is -2.27. The van der Waals surface area contributed by atoms with Crippen molar-refractivity contribution in [3.8, 4) is 0 Å². The predicted molar refractivity (Wildman–Crippen MR) is 78.1 cm³/mol. The lowest BCUT2D eigenvalue weighted by molar-refractivity contribution is 0.400. The van der Waals surface area contributed by atoms with Crippen LogP contribution in [0.3, 0.4) is 0 Å². The van der Waals surface area contributed by atoms with E-state index in [4.69, 9.17) is 11.6 Å². The minimum Gasteiger partial charge on any atom is -0.382 e. The van der Waals surface area contributed by atoms with E-state index in [2.05, 4.69) is 36.5 Å². The first-order chi connectivity index (χ1) is 8.63. The quantitative estimate of drug-likeness (QED) is 0.781. The monoisotopic (exact) mass is 261 g/mol. The van der Waals surface area contributed by atoms with Crippen LogP contribution >= 0.6 is 11.6 Å². The van der Waals surface area contributed by atoms with Crippen molar-refractivity contribution in [1.29, 1.82) is 0 Å². The average Bonchev–Trinajstić information content (AvgIpc) is 2.96. The molecule has 1 saturated carbocycles. The van der Waals surface area contributed by atoms with Crippen molar-refractivity contribution in [1.82, 2.24) is 0 Å². The van der Waals surface area contributed by atoms with Crippen molar-refractivity contribution in [3.05, 3.63) is 40.9 Å². The third-order valence-electron chi connectivity index (χ3n) is 4.54. The lowest BCUT2D eigenvalue weighted by Crippen LogP contribution is -2.28. The summed E-state index contributed by atoms with van der Waals surface area (Å²) in [4.78, 5) is 0. The second kappa shape index (κ2) is 4.62. The molecule has 0 radical (unpaired) electrons. The number of anilines is 1. The zero-order chi connectivity index (χ0) is 12.7. The number of aryl methyl sites for hydroxylation is 1. The molecular weight excluding hydrogens is 242 g/mol. The molecule has 3 rings (SSSR count). The van der Waals surface area contributed by atoms with Crippen LogP contribution in [0.2, 0.25) is 5.02 Å². The summed E-state index contributed by atoms with van der Waals surface area (Å²) in [6.07, 6.45) is 7.52. The fourth-order valence-corrected chi connectivity index (χ4v) is 3.63. The van der Waals surface area contributed by atoms with Crippen LogP contribution in [0.5, 0.6) is 0 Å². The Balaban J connectivity index is 1.69. The number of nitrogens with one attached hydrogen (secondary N) is 1. The number of fused-ring (bicyclic) bond motifs is 2. The molecule has 0 saturated heterocycles. The molecule has 2 heteroatoms. The van der Waals surface area contributed by atoms with Gasteiger partial charge in [-0.25, -0.2) is 0 Å². The molecule has 2 bridgehead atoms. The van der Waals surface area contributed by atoms with Gasteiger partial charge in [-0.1, -0.05) is 29.8 Å². The topological polar surface area (TPSA) is 12.0 Å². The maximum atomic E-state index is 6.17. The van der Waals surface area contributed by atoms with Crippen molar-refractivity contribution in [3.63, 3.8) is 0 Å². The highest BCUT2D eigenvalue weighted by Gasteiger charge is 2.38. The first-order valence-corrected chi connectivity index (χ1v) is 7.22. The summed E-state index contributed by atoms with van der Waals surface area (Å²) in [5, 5.41) is 4.47. The Kier molecular flexibility index (Phi) is 3.11. The van der Waals surface area contributed by atoms with E-state index in [-0.39, 0.29) is 0 Å². The fraction of sp³-hybridized carbons (Fsp3) is 0.500. The molecule has 1 nitrogen and oxygen atoms in total. The molecular formula is C16H20ClN. The van der Waals surface area contributed by atoms with E-state index in [9.17, 15) is 0 Å². The molecule has 0 spiro atoms. The van der Waals surface area contributed by atoms with Crippen LogP contribution in [-0.2, 0) is 0 Å². The van der Waals surface area contributed by atoms with Gasteiger partial charge < -0.3 is 5.32 Å². The standard InChI is InChI=1S/C16H20ClN/c1-10-3-6-14(9-16(10)17)18-11(2)15-8-12-4-5-13(15)7-12/h3-6,9,11-13,15,18H,7-8H2,1-2H3. The van der Waals surface area contributed by atoms with Gasteiger partial charge in [-0.3, -0.25) is 0 Å². The zero-order valence-electron chi connectivity index (χ0n) is 11.0. The van der Waals surface area contributed by atoms with Gasteiger partial charge in [0.05, 0.1) is 0 Å². The van der Waals surface area contributed by atoms with Gasteiger partial charge in [-0.05, 0) is 62.1 Å². The largest absolute Gasteiger partial charge is 0.382 e. The molecule has 0 aliphatic heterocycles. The third-order valence-corrected chi connectivity index (χ3v) is 4.95. The smallest absolute Gasteiger partial charge is 0.0455 e. The van der Waals surface area contributed by atoms with E-state index in [0.717, 1.165) is 34.0 Å². The van der Waals surface area contributed by atoms with Crippen LogP contribution in [0, 0.1) is 24.7 Å². The molecule has 1 aromatic carbocycles. The number of benzene rings is 1. The van der Waals surface area contributed by atoms with Crippen LogP contribution < -0.4 is 5.32 Å². The number of allylic oxidation sites excluding steroid dienone is 2. The Morgan fingerprint density at radius 3 is 2.72 bits per heavy atom. The van der Waals surface area contributed by atoms with Crippen LogP contribution in [0.15, 0.2) is 30.4 Å². The first kappa shape index (κ1) is 12.1. The van der Waals surface area contributed by atoms with Crippen LogP contribution in [-0.4, -0.2) is 6.04 Å². The summed E-state index contributed by atoms with van der Waals surface area (Å²) in [5.41, 5.74) is 2.28. The SMILES string of the molecule is Cc1ccc(NC(C)C2CC3C=CC2C3)cc1Cl. The second-order valence-corrected chi connectivity index (χ2v) is 6.25. The Bertz CT molecular complexity index is 480. The Morgan fingerprint density at radius 2 is 2.11 bits per heavy atom. The number of halogens is 1. The first-order valence-electron chi connectivity index (χ1n) is 6.84. The highest BCUT2D eigenvalue weighted by Crippen LogP contribution is 2.45. The Labute approximate surface area is 114 Å². The van der Waals surface area contributed by atoms with Gasteiger partial charge in [0.2, 0.25) is 0 Å². The molecule has 1 fully saturated rings. The zero-order valence-corrected chi connectivity index (χ0v) is 11.7. The number of hydrogen-bond donors (Lipinski definition) is 1. The summed E-state index contributed by atoms with van der Waals surface area (Å²) in [6.45, 7) is 4.34. The molecule has 0 amide bonds.